The van der Waals surface area contributed by atoms with Gasteiger partial charge in [-0.2, -0.15) is 0 Å². The number of hydrogen-bond acceptors (Lipinski definition) is 4. The second kappa shape index (κ2) is 9.54. The molecule has 152 valence electrons. The maximum Gasteiger partial charge on any atom is 0.211 e. The minimum absolute atomic E-state index is 0.0769. The first kappa shape index (κ1) is 20.8. The molecule has 0 radical (unpaired) electrons. The van der Waals surface area contributed by atoms with Crippen molar-refractivity contribution in [1.82, 2.24) is 4.72 Å². The quantitative estimate of drug-likeness (QED) is 0.632. The summed E-state index contributed by atoms with van der Waals surface area (Å²) in [5.41, 5.74) is 10.1. The highest BCUT2D eigenvalue weighted by Gasteiger charge is 2.29. The Kier molecular flexibility index (Phi) is 7.10. The molecule has 1 aliphatic rings. The van der Waals surface area contributed by atoms with Gasteiger partial charge in [-0.05, 0) is 73.4 Å². The van der Waals surface area contributed by atoms with Crippen LogP contribution in [0.25, 0.3) is 0 Å². The molecule has 6 heteroatoms. The third-order valence-electron chi connectivity index (χ3n) is 5.54. The second-order valence-electron chi connectivity index (χ2n) is 7.34. The molecule has 0 spiro atoms. The molecule has 0 bridgehead atoms. The van der Waals surface area contributed by atoms with E-state index in [9.17, 15) is 8.42 Å². The summed E-state index contributed by atoms with van der Waals surface area (Å²) in [6, 6.07) is 16.8. The monoisotopic (exact) mass is 402 g/mol. The molecule has 5 nitrogen and oxygen atoms in total. The number of hydrogen-bond donors (Lipinski definition) is 2. The van der Waals surface area contributed by atoms with Crippen LogP contribution >= 0.6 is 0 Å². The van der Waals surface area contributed by atoms with E-state index in [0.29, 0.717) is 25.0 Å². The average Bonchev–Trinajstić information content (AvgIpc) is 2.72. The first-order chi connectivity index (χ1) is 13.5. The molecule has 2 unspecified atom stereocenters. The lowest BCUT2D eigenvalue weighted by Gasteiger charge is -2.33. The molecular formula is C22H30N2O3S. The number of fused-ring (bicyclic) bond motifs is 1. The van der Waals surface area contributed by atoms with E-state index >= 15 is 0 Å². The van der Waals surface area contributed by atoms with Gasteiger partial charge >= 0.3 is 0 Å². The average molecular weight is 403 g/mol. The predicted octanol–water partition coefficient (Wildman–Crippen LogP) is 2.85. The van der Waals surface area contributed by atoms with Crippen molar-refractivity contribution in [2.24, 2.45) is 11.7 Å². The van der Waals surface area contributed by atoms with Crippen LogP contribution in [-0.4, -0.2) is 33.9 Å². The molecule has 0 heterocycles. The van der Waals surface area contributed by atoms with E-state index in [-0.39, 0.29) is 12.3 Å². The molecule has 0 aromatic heterocycles. The Labute approximate surface area is 168 Å². The van der Waals surface area contributed by atoms with Crippen LogP contribution < -0.4 is 15.2 Å². The van der Waals surface area contributed by atoms with Gasteiger partial charge in [0.2, 0.25) is 10.0 Å². The van der Waals surface area contributed by atoms with Crippen molar-refractivity contribution in [3.8, 4) is 5.75 Å². The molecule has 2 atom stereocenters. The fourth-order valence-corrected chi connectivity index (χ4v) is 4.53. The van der Waals surface area contributed by atoms with Crippen LogP contribution in [0.1, 0.15) is 36.0 Å². The number of nitrogens with one attached hydrogen (secondary N) is 1. The third kappa shape index (κ3) is 5.34. The van der Waals surface area contributed by atoms with Crippen LogP contribution in [0.3, 0.4) is 0 Å². The van der Waals surface area contributed by atoms with Gasteiger partial charge in [-0.25, -0.2) is 13.1 Å². The van der Waals surface area contributed by atoms with Crippen LogP contribution in [0.5, 0.6) is 5.75 Å². The van der Waals surface area contributed by atoms with E-state index in [2.05, 4.69) is 41.1 Å². The van der Waals surface area contributed by atoms with E-state index < -0.39 is 10.0 Å². The predicted molar refractivity (Wildman–Crippen MR) is 113 cm³/mol. The lowest BCUT2D eigenvalue weighted by molar-refractivity contribution is 0.319. The molecular weight excluding hydrogens is 372 g/mol. The Balaban J connectivity index is 1.73. The molecule has 28 heavy (non-hydrogen) atoms. The Morgan fingerprint density at radius 1 is 1.18 bits per heavy atom. The van der Waals surface area contributed by atoms with Crippen LogP contribution in [0.2, 0.25) is 0 Å². The highest BCUT2D eigenvalue weighted by Crippen LogP contribution is 2.39. The van der Waals surface area contributed by atoms with Crippen LogP contribution in [-0.2, 0) is 22.9 Å². The maximum absolute atomic E-state index is 11.5. The van der Waals surface area contributed by atoms with E-state index in [1.54, 1.807) is 6.92 Å². The Bertz CT molecular complexity index is 869. The van der Waals surface area contributed by atoms with Gasteiger partial charge in [0.1, 0.15) is 12.4 Å². The molecule has 0 aliphatic heterocycles. The summed E-state index contributed by atoms with van der Waals surface area (Å²) < 4.78 is 31.4. The normalized spacial score (nSPS) is 19.2. The summed E-state index contributed by atoms with van der Waals surface area (Å²) in [7, 11) is -3.19. The zero-order valence-corrected chi connectivity index (χ0v) is 17.3. The van der Waals surface area contributed by atoms with Crippen molar-refractivity contribution in [3.63, 3.8) is 0 Å². The number of ether oxygens (including phenoxy) is 1. The van der Waals surface area contributed by atoms with Crippen molar-refractivity contribution in [1.29, 1.82) is 0 Å². The summed E-state index contributed by atoms with van der Waals surface area (Å²) in [6.45, 7) is 2.88. The third-order valence-corrected chi connectivity index (χ3v) is 6.95. The van der Waals surface area contributed by atoms with Gasteiger partial charge in [0.05, 0.1) is 5.75 Å². The van der Waals surface area contributed by atoms with Gasteiger partial charge in [-0.1, -0.05) is 36.4 Å². The number of aryl methyl sites for hydroxylation is 1. The zero-order chi connectivity index (χ0) is 20.0. The van der Waals surface area contributed by atoms with Crippen LogP contribution in [0.15, 0.2) is 48.5 Å². The van der Waals surface area contributed by atoms with Crippen molar-refractivity contribution in [2.45, 2.75) is 32.1 Å². The fourth-order valence-electron chi connectivity index (χ4n) is 3.93. The second-order valence-corrected chi connectivity index (χ2v) is 9.43. The molecule has 1 aliphatic carbocycles. The molecule has 0 amide bonds. The summed E-state index contributed by atoms with van der Waals surface area (Å²) in [4.78, 5) is 0. The van der Waals surface area contributed by atoms with Gasteiger partial charge in [0.25, 0.3) is 0 Å². The lowest BCUT2D eigenvalue weighted by Crippen LogP contribution is -2.30. The van der Waals surface area contributed by atoms with E-state index in [1.807, 2.05) is 12.1 Å². The summed E-state index contributed by atoms with van der Waals surface area (Å²) in [6.07, 6.45) is 3.12. The topological polar surface area (TPSA) is 81.4 Å². The largest absolute Gasteiger partial charge is 0.492 e. The molecule has 0 saturated carbocycles. The Hall–Kier alpha value is -1.89. The van der Waals surface area contributed by atoms with Gasteiger partial charge in [0.15, 0.2) is 0 Å². The van der Waals surface area contributed by atoms with Gasteiger partial charge in [-0.3, -0.25) is 0 Å². The number of sulfonamides is 1. The minimum atomic E-state index is -3.19. The van der Waals surface area contributed by atoms with E-state index in [1.165, 1.54) is 16.7 Å². The van der Waals surface area contributed by atoms with E-state index in [0.717, 1.165) is 25.0 Å². The molecule has 3 N–H and O–H groups in total. The van der Waals surface area contributed by atoms with Crippen molar-refractivity contribution in [2.75, 3.05) is 25.4 Å². The standard InChI is InChI=1S/C22H30N2O3S/c1-2-28(25,26)24-12-13-27-20-11-10-18-8-9-19(16-23)21(22(18)15-20)14-17-6-4-3-5-7-17/h3-7,10-11,15,19,21,24H,2,8-9,12-14,16,23H2,1H3. The van der Waals surface area contributed by atoms with Crippen LogP contribution in [0, 0.1) is 5.92 Å². The Morgan fingerprint density at radius 2 is 1.96 bits per heavy atom. The van der Waals surface area contributed by atoms with Crippen LogP contribution in [0.4, 0.5) is 0 Å². The molecule has 0 fully saturated rings. The molecule has 3 rings (SSSR count). The summed E-state index contributed by atoms with van der Waals surface area (Å²) in [5.74, 6) is 1.69. The summed E-state index contributed by atoms with van der Waals surface area (Å²) >= 11 is 0. The number of benzene rings is 2. The van der Waals surface area contributed by atoms with Gasteiger partial charge in [-0.15, -0.1) is 0 Å². The first-order valence-corrected chi connectivity index (χ1v) is 11.6. The van der Waals surface area contributed by atoms with Crippen molar-refractivity contribution < 1.29 is 13.2 Å². The van der Waals surface area contributed by atoms with Gasteiger partial charge in [0, 0.05) is 6.54 Å². The maximum atomic E-state index is 11.5. The van der Waals surface area contributed by atoms with Crippen molar-refractivity contribution in [3.05, 3.63) is 65.2 Å². The zero-order valence-electron chi connectivity index (χ0n) is 16.4. The van der Waals surface area contributed by atoms with E-state index in [4.69, 9.17) is 10.5 Å². The summed E-state index contributed by atoms with van der Waals surface area (Å²) in [5, 5.41) is 0. The SMILES string of the molecule is CCS(=O)(=O)NCCOc1ccc2c(c1)C(Cc1ccccc1)C(CN)CC2. The first-order valence-electron chi connectivity index (χ1n) is 9.99. The number of nitrogens with two attached hydrogens (primary N) is 1. The fraction of sp³-hybridized carbons (Fsp3) is 0.455. The molecule has 2 aromatic rings. The molecule has 0 saturated heterocycles. The lowest BCUT2D eigenvalue weighted by atomic mass is 9.72. The smallest absolute Gasteiger partial charge is 0.211 e. The van der Waals surface area contributed by atoms with Crippen molar-refractivity contribution >= 4 is 10.0 Å². The minimum Gasteiger partial charge on any atom is -0.492 e. The van der Waals surface area contributed by atoms with Gasteiger partial charge < -0.3 is 10.5 Å². The highest BCUT2D eigenvalue weighted by atomic mass is 32.2. The molecule has 2 aromatic carbocycles. The highest BCUT2D eigenvalue weighted by molar-refractivity contribution is 7.89. The number of rotatable bonds is 9. The Morgan fingerprint density at radius 3 is 2.68 bits per heavy atom.